The quantitative estimate of drug-likeness (QED) is 0.343. The fourth-order valence-corrected chi connectivity index (χ4v) is 5.80. The number of nitrogens with one attached hydrogen (secondary N) is 1. The largest absolute Gasteiger partial charge is 0.446 e. The summed E-state index contributed by atoms with van der Waals surface area (Å²) in [5.41, 5.74) is 5.02. The van der Waals surface area contributed by atoms with E-state index in [0.717, 1.165) is 10.9 Å². The summed E-state index contributed by atoms with van der Waals surface area (Å²) in [6.07, 6.45) is 2.67. The Balaban J connectivity index is 1.59. The van der Waals surface area contributed by atoms with Gasteiger partial charge >= 0.3 is 11.8 Å². The molecule has 40 heavy (non-hydrogen) atoms. The van der Waals surface area contributed by atoms with Crippen LogP contribution in [0, 0.1) is 5.95 Å². The lowest BCUT2D eigenvalue weighted by atomic mass is 9.98. The maximum Gasteiger partial charge on any atom is 0.404 e. The zero-order valence-corrected chi connectivity index (χ0v) is 20.6. The van der Waals surface area contributed by atoms with Crippen LogP contribution in [0.4, 0.5) is 9.18 Å². The first kappa shape index (κ1) is 16.2. The van der Waals surface area contributed by atoms with E-state index in [9.17, 15) is 9.59 Å². The van der Waals surface area contributed by atoms with Crippen LogP contribution >= 0.6 is 0 Å². The van der Waals surface area contributed by atoms with Crippen LogP contribution in [-0.2, 0) is 25.7 Å². The molecule has 7 rings (SSSR count). The Morgan fingerprint density at radius 3 is 2.90 bits per heavy atom. The van der Waals surface area contributed by atoms with Gasteiger partial charge in [0.05, 0.1) is 45.6 Å². The van der Waals surface area contributed by atoms with E-state index in [2.05, 4.69) is 20.2 Å². The number of aromatic amines is 1. The van der Waals surface area contributed by atoms with E-state index in [1.54, 1.807) is 12.1 Å². The van der Waals surface area contributed by atoms with Gasteiger partial charge in [0, 0.05) is 62.9 Å². The van der Waals surface area contributed by atoms with E-state index in [1.165, 1.54) is 23.0 Å². The number of carbonyl (C=O) groups is 1. The molecule has 12 nitrogen and oxygen atoms in total. The Labute approximate surface area is 238 Å². The summed E-state index contributed by atoms with van der Waals surface area (Å²) in [4.78, 5) is 33.0. The minimum atomic E-state index is -2.95. The number of rotatable bonds is 4. The van der Waals surface area contributed by atoms with Crippen LogP contribution in [-0.4, -0.2) is 50.9 Å². The lowest BCUT2D eigenvalue weighted by Gasteiger charge is -2.14. The lowest BCUT2D eigenvalue weighted by Crippen LogP contribution is -2.26. The van der Waals surface area contributed by atoms with Crippen LogP contribution in [0.2, 0.25) is 0 Å². The number of nitrogens with zero attached hydrogens (tertiary/aromatic N) is 7. The van der Waals surface area contributed by atoms with E-state index >= 15 is 4.39 Å². The van der Waals surface area contributed by atoms with Crippen molar-refractivity contribution in [3.8, 4) is 22.4 Å². The summed E-state index contributed by atoms with van der Waals surface area (Å²) in [6, 6.07) is 3.96. The molecule has 1 aliphatic carbocycles. The van der Waals surface area contributed by atoms with Gasteiger partial charge in [0.15, 0.2) is 0 Å². The van der Waals surface area contributed by atoms with Crippen molar-refractivity contribution < 1.29 is 26.3 Å². The van der Waals surface area contributed by atoms with Gasteiger partial charge in [0.25, 0.3) is 0 Å². The molecule has 1 aromatic carbocycles. The topological polar surface area (TPSA) is 144 Å². The highest BCUT2D eigenvalue weighted by Crippen LogP contribution is 2.43. The monoisotopic (exact) mass is 552 g/mol. The second-order valence-corrected chi connectivity index (χ2v) is 9.71. The standard InChI is InChI=1S/C27H26FN9O3/c1-34-12-17(24(28)33-34)22-20(13-4-7-18-14(8-13)10-31-36(18)3)21-23-19(11-30-25(21)32-22)35(2)27(39)37(23)15-5-6-16(9-15)40-26(29)38/h4,7-8,10-12,15-16H,5-6,9H2,1-3H3,(H2,29,38)(H,30,32)/t15-,16-/m1/s1/i1D3,2D3,3D3. The molecule has 1 aliphatic rings. The molecule has 3 N–H and O–H groups in total. The number of carbonyl (C=O) groups excluding carboxylic acids is 1. The molecule has 0 unspecified atom stereocenters. The first-order chi connectivity index (χ1) is 22.8. The Morgan fingerprint density at radius 2 is 2.12 bits per heavy atom. The van der Waals surface area contributed by atoms with Gasteiger partial charge in [-0.3, -0.25) is 18.5 Å². The van der Waals surface area contributed by atoms with Crippen molar-refractivity contribution in [2.24, 2.45) is 26.7 Å². The third-order valence-electron chi connectivity index (χ3n) is 7.45. The molecular weight excluding hydrogens is 517 g/mol. The van der Waals surface area contributed by atoms with Crippen LogP contribution in [0.1, 0.15) is 37.6 Å². The first-order valence-electron chi connectivity index (χ1n) is 16.7. The SMILES string of the molecule is [2H]C([2H])([2H])n1cc(-c2[nH]c3ncc4c(c3c2-c2ccc3c(cnn3C([2H])([2H])[2H])c2)n([C@@H]2CC[C@@H](OC(N)=O)C2)c(=O)n4C([2H])([2H])[2H])c(F)n1. The molecule has 204 valence electrons. The number of hydrogen-bond donors (Lipinski definition) is 2. The van der Waals surface area contributed by atoms with Gasteiger partial charge in [-0.15, -0.1) is 5.10 Å². The van der Waals surface area contributed by atoms with Crippen LogP contribution < -0.4 is 11.4 Å². The smallest absolute Gasteiger partial charge is 0.404 e. The zero-order chi connectivity index (χ0) is 35.4. The summed E-state index contributed by atoms with van der Waals surface area (Å²) in [5.74, 6) is -1.14. The van der Waals surface area contributed by atoms with Crippen LogP contribution in [0.25, 0.3) is 55.4 Å². The van der Waals surface area contributed by atoms with Gasteiger partial charge in [-0.25, -0.2) is 14.6 Å². The van der Waals surface area contributed by atoms with Crippen molar-refractivity contribution in [2.45, 2.75) is 31.4 Å². The Bertz CT molecular complexity index is 2360. The van der Waals surface area contributed by atoms with Gasteiger partial charge in [0.1, 0.15) is 11.8 Å². The molecule has 13 heteroatoms. The minimum absolute atomic E-state index is 0.00700. The predicted octanol–water partition coefficient (Wildman–Crippen LogP) is 3.50. The Morgan fingerprint density at radius 1 is 1.23 bits per heavy atom. The molecule has 5 aromatic heterocycles. The molecule has 1 amide bonds. The number of pyridine rings is 1. The fourth-order valence-electron chi connectivity index (χ4n) is 5.80. The third-order valence-corrected chi connectivity index (χ3v) is 7.45. The van der Waals surface area contributed by atoms with E-state index in [4.69, 9.17) is 22.8 Å². The van der Waals surface area contributed by atoms with Crippen LogP contribution in [0.15, 0.2) is 41.6 Å². The number of primary amides is 1. The average Bonchev–Trinajstić information content (AvgIpc) is 3.78. The van der Waals surface area contributed by atoms with E-state index in [0.29, 0.717) is 33.0 Å². The van der Waals surface area contributed by atoms with Gasteiger partial charge in [-0.05, 0) is 30.5 Å². The van der Waals surface area contributed by atoms with Crippen molar-refractivity contribution in [2.75, 3.05) is 0 Å². The first-order valence-corrected chi connectivity index (χ1v) is 12.2. The summed E-state index contributed by atoms with van der Waals surface area (Å²) in [7, 11) is 0. The van der Waals surface area contributed by atoms with Crippen molar-refractivity contribution in [3.05, 3.63) is 53.2 Å². The van der Waals surface area contributed by atoms with Crippen molar-refractivity contribution in [3.63, 3.8) is 0 Å². The molecule has 1 saturated carbocycles. The number of imidazole rings is 1. The highest BCUT2D eigenvalue weighted by molar-refractivity contribution is 6.14. The lowest BCUT2D eigenvalue weighted by molar-refractivity contribution is 0.108. The molecule has 2 atom stereocenters. The second-order valence-electron chi connectivity index (χ2n) is 9.71. The zero-order valence-electron chi connectivity index (χ0n) is 29.6. The highest BCUT2D eigenvalue weighted by atomic mass is 19.1. The fraction of sp³-hybridized carbons (Fsp3) is 0.296. The van der Waals surface area contributed by atoms with Crippen molar-refractivity contribution in [1.82, 2.24) is 38.7 Å². The summed E-state index contributed by atoms with van der Waals surface area (Å²) < 4.78 is 95.3. The number of amides is 1. The molecule has 0 aliphatic heterocycles. The molecule has 6 aromatic rings. The molecule has 0 bridgehead atoms. The van der Waals surface area contributed by atoms with Crippen LogP contribution in [0.3, 0.4) is 0 Å². The second kappa shape index (κ2) is 8.53. The number of fused-ring (bicyclic) bond motifs is 4. The minimum Gasteiger partial charge on any atom is -0.446 e. The summed E-state index contributed by atoms with van der Waals surface area (Å²) in [5, 5.41) is 8.13. The normalized spacial score (nSPS) is 21.8. The molecule has 0 spiro atoms. The number of hydrogen-bond acceptors (Lipinski definition) is 6. The Kier molecular flexibility index (Phi) is 3.46. The maximum atomic E-state index is 15.6. The highest BCUT2D eigenvalue weighted by Gasteiger charge is 2.33. The van der Waals surface area contributed by atoms with E-state index in [-0.39, 0.29) is 50.8 Å². The van der Waals surface area contributed by atoms with E-state index < -0.39 is 50.8 Å². The van der Waals surface area contributed by atoms with Crippen molar-refractivity contribution in [1.29, 1.82) is 0 Å². The number of nitrogens with two attached hydrogens (primary N) is 1. The Hall–Kier alpha value is -4.94. The number of benzene rings is 1. The third kappa shape index (κ3) is 3.46. The summed E-state index contributed by atoms with van der Waals surface area (Å²) in [6.45, 7) is -8.38. The maximum absolute atomic E-state index is 15.6. The number of ether oxygens (including phenoxy) is 1. The van der Waals surface area contributed by atoms with Gasteiger partial charge in [-0.1, -0.05) is 6.07 Å². The summed E-state index contributed by atoms with van der Waals surface area (Å²) >= 11 is 0. The molecule has 1 fully saturated rings. The molecule has 0 saturated heterocycles. The average molecular weight is 553 g/mol. The number of halogens is 1. The van der Waals surface area contributed by atoms with Gasteiger partial charge in [0.2, 0.25) is 5.95 Å². The number of H-pyrrole nitrogens is 1. The number of aromatic nitrogens is 8. The number of aryl methyl sites for hydroxylation is 3. The van der Waals surface area contributed by atoms with Crippen LogP contribution in [0.5, 0.6) is 0 Å². The predicted molar refractivity (Wildman–Crippen MR) is 146 cm³/mol. The molecular formula is C27H26FN9O3. The van der Waals surface area contributed by atoms with E-state index in [1.807, 2.05) is 0 Å². The molecule has 0 radical (unpaired) electrons. The van der Waals surface area contributed by atoms with Crippen molar-refractivity contribution >= 4 is 39.1 Å². The van der Waals surface area contributed by atoms with Gasteiger partial charge < -0.3 is 15.5 Å². The van der Waals surface area contributed by atoms with Gasteiger partial charge in [-0.2, -0.15) is 9.49 Å². The molecule has 5 heterocycles.